The minimum Gasteiger partial charge on any atom is -0.377 e. The molecule has 1 rings (SSSR count). The van der Waals surface area contributed by atoms with Crippen molar-refractivity contribution in [2.45, 2.75) is 25.9 Å². The lowest BCUT2D eigenvalue weighted by Crippen LogP contribution is -2.19. The number of methoxy groups -OCH3 is 1. The molecule has 0 bridgehead atoms. The first-order valence-corrected chi connectivity index (χ1v) is 3.54. The number of hydrogen-bond donors (Lipinski definition) is 0. The number of hydrogen-bond acceptors (Lipinski definition) is 1. The minimum atomic E-state index is 0.374. The molecule has 2 atom stereocenters. The molecule has 0 saturated carbocycles. The molecule has 0 heterocycles. The lowest BCUT2D eigenvalue weighted by Gasteiger charge is -2.22. The summed E-state index contributed by atoms with van der Waals surface area (Å²) in [6.45, 7) is 2.23. The highest BCUT2D eigenvalue weighted by molar-refractivity contribution is 4.96. The summed E-state index contributed by atoms with van der Waals surface area (Å²) in [7, 11) is 1.77. The second-order valence-electron chi connectivity index (χ2n) is 2.68. The highest BCUT2D eigenvalue weighted by atomic mass is 16.5. The van der Waals surface area contributed by atoms with Crippen LogP contribution >= 0.6 is 0 Å². The van der Waals surface area contributed by atoms with E-state index in [-0.39, 0.29) is 0 Å². The Kier molecular flexibility index (Phi) is 2.29. The summed E-state index contributed by atoms with van der Waals surface area (Å²) in [5.74, 6) is 0.708. The van der Waals surface area contributed by atoms with Gasteiger partial charge in [-0.15, -0.1) is 0 Å². The van der Waals surface area contributed by atoms with E-state index in [9.17, 15) is 0 Å². The van der Waals surface area contributed by atoms with Gasteiger partial charge in [-0.25, -0.2) is 0 Å². The van der Waals surface area contributed by atoms with Gasteiger partial charge in [-0.3, -0.25) is 0 Å². The van der Waals surface area contributed by atoms with Crippen LogP contribution in [0.15, 0.2) is 12.2 Å². The topological polar surface area (TPSA) is 9.23 Å². The van der Waals surface area contributed by atoms with Crippen molar-refractivity contribution in [2.24, 2.45) is 5.92 Å². The Morgan fingerprint density at radius 3 is 2.78 bits per heavy atom. The second kappa shape index (κ2) is 3.02. The zero-order chi connectivity index (χ0) is 6.69. The van der Waals surface area contributed by atoms with Gasteiger partial charge in [-0.05, 0) is 18.8 Å². The van der Waals surface area contributed by atoms with E-state index in [4.69, 9.17) is 4.74 Å². The zero-order valence-electron chi connectivity index (χ0n) is 6.13. The predicted octanol–water partition coefficient (Wildman–Crippen LogP) is 1.99. The smallest absolute Gasteiger partial charge is 0.0777 e. The maximum Gasteiger partial charge on any atom is 0.0777 e. The molecule has 1 heteroatoms. The largest absolute Gasteiger partial charge is 0.377 e. The first-order chi connectivity index (χ1) is 4.34. The van der Waals surface area contributed by atoms with Crippen LogP contribution in [0.5, 0.6) is 0 Å². The molecular weight excluding hydrogens is 112 g/mol. The quantitative estimate of drug-likeness (QED) is 0.488. The van der Waals surface area contributed by atoms with Crippen molar-refractivity contribution < 1.29 is 4.74 Å². The Hall–Kier alpha value is -0.300. The van der Waals surface area contributed by atoms with Crippen molar-refractivity contribution in [3.8, 4) is 0 Å². The van der Waals surface area contributed by atoms with Crippen LogP contribution in [0.3, 0.4) is 0 Å². The molecular formula is C8H14O. The number of rotatable bonds is 1. The molecule has 0 spiro atoms. The van der Waals surface area contributed by atoms with E-state index in [0.717, 1.165) is 0 Å². The van der Waals surface area contributed by atoms with Crippen molar-refractivity contribution in [2.75, 3.05) is 7.11 Å². The lowest BCUT2D eigenvalue weighted by atomic mass is 9.94. The molecule has 9 heavy (non-hydrogen) atoms. The van der Waals surface area contributed by atoms with Gasteiger partial charge in [0.1, 0.15) is 0 Å². The molecule has 0 saturated heterocycles. The van der Waals surface area contributed by atoms with Crippen LogP contribution < -0.4 is 0 Å². The van der Waals surface area contributed by atoms with Crippen molar-refractivity contribution >= 4 is 0 Å². The SMILES string of the molecule is COC1C=CCCC1C. The molecule has 0 amide bonds. The number of allylic oxidation sites excluding steroid dienone is 1. The van der Waals surface area contributed by atoms with Crippen LogP contribution in [0, 0.1) is 5.92 Å². The van der Waals surface area contributed by atoms with Crippen molar-refractivity contribution in [3.05, 3.63) is 12.2 Å². The zero-order valence-corrected chi connectivity index (χ0v) is 6.13. The summed E-state index contributed by atoms with van der Waals surface area (Å²) in [6.07, 6.45) is 7.23. The van der Waals surface area contributed by atoms with Crippen LogP contribution in [-0.2, 0) is 4.74 Å². The molecule has 0 aromatic carbocycles. The molecule has 1 aliphatic carbocycles. The minimum absolute atomic E-state index is 0.374. The third-order valence-electron chi connectivity index (χ3n) is 1.95. The first-order valence-electron chi connectivity index (χ1n) is 3.54. The first kappa shape index (κ1) is 6.81. The summed E-state index contributed by atoms with van der Waals surface area (Å²) in [6, 6.07) is 0. The van der Waals surface area contributed by atoms with Crippen molar-refractivity contribution in [1.29, 1.82) is 0 Å². The van der Waals surface area contributed by atoms with E-state index in [1.807, 2.05) is 0 Å². The van der Waals surface area contributed by atoms with Gasteiger partial charge in [0.05, 0.1) is 6.10 Å². The second-order valence-corrected chi connectivity index (χ2v) is 2.68. The van der Waals surface area contributed by atoms with Crippen molar-refractivity contribution in [1.82, 2.24) is 0 Å². The molecule has 1 nitrogen and oxygen atoms in total. The van der Waals surface area contributed by atoms with E-state index >= 15 is 0 Å². The highest BCUT2D eigenvalue weighted by Gasteiger charge is 2.15. The summed E-state index contributed by atoms with van der Waals surface area (Å²) in [4.78, 5) is 0. The van der Waals surface area contributed by atoms with Gasteiger partial charge in [0.2, 0.25) is 0 Å². The molecule has 0 aromatic heterocycles. The molecule has 0 fully saturated rings. The number of ether oxygens (including phenoxy) is 1. The van der Waals surface area contributed by atoms with Crippen LogP contribution in [0.4, 0.5) is 0 Å². The monoisotopic (exact) mass is 126 g/mol. The Bertz CT molecular complexity index is 107. The summed E-state index contributed by atoms with van der Waals surface area (Å²) in [5, 5.41) is 0. The Morgan fingerprint density at radius 1 is 1.56 bits per heavy atom. The lowest BCUT2D eigenvalue weighted by molar-refractivity contribution is 0.0886. The molecule has 2 unspecified atom stereocenters. The molecule has 0 radical (unpaired) electrons. The fourth-order valence-electron chi connectivity index (χ4n) is 1.25. The molecule has 0 N–H and O–H groups in total. The maximum absolute atomic E-state index is 5.22. The van der Waals surface area contributed by atoms with Crippen LogP contribution in [0.25, 0.3) is 0 Å². The average molecular weight is 126 g/mol. The van der Waals surface area contributed by atoms with Crippen LogP contribution in [0.1, 0.15) is 19.8 Å². The van der Waals surface area contributed by atoms with E-state index in [2.05, 4.69) is 19.1 Å². The highest BCUT2D eigenvalue weighted by Crippen LogP contribution is 2.19. The van der Waals surface area contributed by atoms with Gasteiger partial charge in [-0.1, -0.05) is 19.1 Å². The van der Waals surface area contributed by atoms with Crippen LogP contribution in [0.2, 0.25) is 0 Å². The predicted molar refractivity (Wildman–Crippen MR) is 38.3 cm³/mol. The normalized spacial score (nSPS) is 34.9. The fraction of sp³-hybridized carbons (Fsp3) is 0.750. The van der Waals surface area contributed by atoms with Gasteiger partial charge in [0.25, 0.3) is 0 Å². The Labute approximate surface area is 56.7 Å². The molecule has 1 aliphatic rings. The van der Waals surface area contributed by atoms with Gasteiger partial charge < -0.3 is 4.74 Å². The molecule has 52 valence electrons. The summed E-state index contributed by atoms with van der Waals surface area (Å²) in [5.41, 5.74) is 0. The van der Waals surface area contributed by atoms with Crippen molar-refractivity contribution in [3.63, 3.8) is 0 Å². The van der Waals surface area contributed by atoms with E-state index in [0.29, 0.717) is 12.0 Å². The summed E-state index contributed by atoms with van der Waals surface area (Å²) < 4.78 is 5.22. The average Bonchev–Trinajstić information content (AvgIpc) is 1.89. The fourth-order valence-corrected chi connectivity index (χ4v) is 1.25. The van der Waals surface area contributed by atoms with Gasteiger partial charge in [-0.2, -0.15) is 0 Å². The van der Waals surface area contributed by atoms with Crippen LogP contribution in [-0.4, -0.2) is 13.2 Å². The molecule has 0 aromatic rings. The molecule has 0 aliphatic heterocycles. The standard InChI is InChI=1S/C8H14O/c1-7-5-3-4-6-8(7)9-2/h4,6-8H,3,5H2,1-2H3. The summed E-state index contributed by atoms with van der Waals surface area (Å²) >= 11 is 0. The third kappa shape index (κ3) is 1.55. The third-order valence-corrected chi connectivity index (χ3v) is 1.95. The van der Waals surface area contributed by atoms with E-state index in [1.54, 1.807) is 7.11 Å². The Balaban J connectivity index is 2.46. The van der Waals surface area contributed by atoms with E-state index in [1.165, 1.54) is 12.8 Å². The van der Waals surface area contributed by atoms with Gasteiger partial charge in [0, 0.05) is 7.11 Å². The Morgan fingerprint density at radius 2 is 2.33 bits per heavy atom. The van der Waals surface area contributed by atoms with Gasteiger partial charge >= 0.3 is 0 Å². The maximum atomic E-state index is 5.22. The van der Waals surface area contributed by atoms with Gasteiger partial charge in [0.15, 0.2) is 0 Å². The van der Waals surface area contributed by atoms with E-state index < -0.39 is 0 Å².